The van der Waals surface area contributed by atoms with Gasteiger partial charge in [0.15, 0.2) is 21.4 Å². The maximum atomic E-state index is 14.4. The minimum Gasteiger partial charge on any atom is -0.482 e. The highest BCUT2D eigenvalue weighted by Crippen LogP contribution is 2.30. The van der Waals surface area contributed by atoms with Crippen LogP contribution in [0.5, 0.6) is 5.75 Å². The maximum absolute atomic E-state index is 14.4. The molecule has 3 N–H and O–H groups in total. The lowest BCUT2D eigenvalue weighted by molar-refractivity contribution is 0.102. The van der Waals surface area contributed by atoms with Gasteiger partial charge in [0.05, 0.1) is 9.92 Å². The summed E-state index contributed by atoms with van der Waals surface area (Å²) in [7, 11) is -3.46. The summed E-state index contributed by atoms with van der Waals surface area (Å²) in [5.74, 6) is -0.781. The number of halogens is 2. The van der Waals surface area contributed by atoms with Gasteiger partial charge in [-0.25, -0.2) is 17.8 Å². The number of anilines is 2. The molecule has 0 fully saturated rings. The average Bonchev–Trinajstić information content (AvgIpc) is 2.71. The molecule has 1 aromatic heterocycles. The molecular formula is C21H19ClFN3O4S. The second-order valence-electron chi connectivity index (χ2n) is 6.79. The summed E-state index contributed by atoms with van der Waals surface area (Å²) in [6.07, 6.45) is 1.65. The van der Waals surface area contributed by atoms with Crippen LogP contribution in [0.25, 0.3) is 0 Å². The van der Waals surface area contributed by atoms with Crippen LogP contribution < -0.4 is 15.8 Å². The van der Waals surface area contributed by atoms with Crippen molar-refractivity contribution in [2.75, 3.05) is 17.3 Å². The molecule has 162 valence electrons. The molecule has 0 aliphatic carbocycles. The molecule has 31 heavy (non-hydrogen) atoms. The van der Waals surface area contributed by atoms with Gasteiger partial charge in [-0.3, -0.25) is 4.79 Å². The van der Waals surface area contributed by atoms with Gasteiger partial charge in [-0.15, -0.1) is 0 Å². The van der Waals surface area contributed by atoms with E-state index in [2.05, 4.69) is 10.3 Å². The number of hydrogen-bond acceptors (Lipinski definition) is 6. The monoisotopic (exact) mass is 463 g/mol. The molecule has 1 unspecified atom stereocenters. The number of hydrogen-bond donors (Lipinski definition) is 2. The van der Waals surface area contributed by atoms with E-state index in [1.165, 1.54) is 54.7 Å². The second-order valence-corrected chi connectivity index (χ2v) is 9.24. The number of benzene rings is 2. The Balaban J connectivity index is 1.82. The molecular weight excluding hydrogens is 445 g/mol. The van der Waals surface area contributed by atoms with Gasteiger partial charge in [-0.1, -0.05) is 17.7 Å². The van der Waals surface area contributed by atoms with Crippen LogP contribution in [0.15, 0.2) is 59.6 Å². The van der Waals surface area contributed by atoms with Crippen LogP contribution >= 0.6 is 11.6 Å². The van der Waals surface area contributed by atoms with E-state index in [4.69, 9.17) is 22.1 Å². The van der Waals surface area contributed by atoms with Crippen molar-refractivity contribution < 1.29 is 22.3 Å². The van der Waals surface area contributed by atoms with Crippen LogP contribution in [0.3, 0.4) is 0 Å². The molecule has 0 aliphatic rings. The smallest absolute Gasteiger partial charge is 0.255 e. The minimum absolute atomic E-state index is 0.0229. The molecule has 0 saturated carbocycles. The third-order valence-corrected chi connectivity index (χ3v) is 5.69. The summed E-state index contributed by atoms with van der Waals surface area (Å²) in [6, 6.07) is 11.1. The van der Waals surface area contributed by atoms with Crippen molar-refractivity contribution in [3.05, 3.63) is 76.7 Å². The third-order valence-electron chi connectivity index (χ3n) is 4.37. The molecule has 0 bridgehead atoms. The molecule has 0 spiro atoms. The van der Waals surface area contributed by atoms with Crippen molar-refractivity contribution in [2.45, 2.75) is 17.9 Å². The summed E-state index contributed by atoms with van der Waals surface area (Å²) in [6.45, 7) is 1.61. The van der Waals surface area contributed by atoms with E-state index >= 15 is 0 Å². The first-order valence-electron chi connectivity index (χ1n) is 9.03. The van der Waals surface area contributed by atoms with E-state index in [-0.39, 0.29) is 27.6 Å². The van der Waals surface area contributed by atoms with E-state index in [0.29, 0.717) is 10.7 Å². The van der Waals surface area contributed by atoms with Crippen molar-refractivity contribution >= 4 is 38.9 Å². The number of nitrogens with zero attached hydrogens (tertiary/aromatic N) is 1. The van der Waals surface area contributed by atoms with Gasteiger partial charge >= 0.3 is 0 Å². The fourth-order valence-electron chi connectivity index (χ4n) is 2.78. The standard InChI is InChI=1S/C21H19ClFN3O4S/c1-12(30-19-9-14(22)11-25-20(19)24)17-10-15(6-7-18(17)23)26-21(27)13-4-3-5-16(8-13)31(2,28)29/h3-12H,1-2H3,(H2,24,25)(H,26,27). The van der Waals surface area contributed by atoms with Crippen molar-refractivity contribution in [3.8, 4) is 5.75 Å². The topological polar surface area (TPSA) is 111 Å². The van der Waals surface area contributed by atoms with Gasteiger partial charge in [-0.2, -0.15) is 0 Å². The zero-order chi connectivity index (χ0) is 22.8. The first kappa shape index (κ1) is 22.5. The summed E-state index contributed by atoms with van der Waals surface area (Å²) < 4.78 is 43.5. The lowest BCUT2D eigenvalue weighted by Gasteiger charge is -2.18. The van der Waals surface area contributed by atoms with E-state index in [9.17, 15) is 17.6 Å². The summed E-state index contributed by atoms with van der Waals surface area (Å²) >= 11 is 5.90. The molecule has 0 radical (unpaired) electrons. The highest BCUT2D eigenvalue weighted by atomic mass is 35.5. The molecule has 3 aromatic rings. The third kappa shape index (κ3) is 5.50. The van der Waals surface area contributed by atoms with Crippen molar-refractivity contribution in [2.24, 2.45) is 0 Å². The molecule has 0 aliphatic heterocycles. The van der Waals surface area contributed by atoms with Crippen molar-refractivity contribution in [1.29, 1.82) is 0 Å². The SMILES string of the molecule is CC(Oc1cc(Cl)cnc1N)c1cc(NC(=O)c2cccc(S(C)(=O)=O)c2)ccc1F. The lowest BCUT2D eigenvalue weighted by atomic mass is 10.1. The van der Waals surface area contributed by atoms with Gasteiger partial charge in [0.1, 0.15) is 11.9 Å². The molecule has 1 atom stereocenters. The number of carbonyl (C=O) groups is 1. The van der Waals surface area contributed by atoms with Gasteiger partial charge in [-0.05, 0) is 43.3 Å². The Labute approximate surface area is 183 Å². The molecule has 1 heterocycles. The highest BCUT2D eigenvalue weighted by molar-refractivity contribution is 7.90. The Morgan fingerprint density at radius 1 is 1.23 bits per heavy atom. The lowest BCUT2D eigenvalue weighted by Crippen LogP contribution is -2.14. The Morgan fingerprint density at radius 2 is 1.97 bits per heavy atom. The minimum atomic E-state index is -3.46. The van der Waals surface area contributed by atoms with Gasteiger partial charge in [0, 0.05) is 35.3 Å². The Kier molecular flexibility index (Phi) is 6.47. The largest absolute Gasteiger partial charge is 0.482 e. The first-order valence-corrected chi connectivity index (χ1v) is 11.3. The fourth-order valence-corrected chi connectivity index (χ4v) is 3.60. The van der Waals surface area contributed by atoms with Crippen LogP contribution in [0.1, 0.15) is 28.9 Å². The number of ether oxygens (including phenoxy) is 1. The van der Waals surface area contributed by atoms with E-state index < -0.39 is 27.7 Å². The number of nitrogens with two attached hydrogens (primary N) is 1. The summed E-state index contributed by atoms with van der Waals surface area (Å²) in [5, 5.41) is 2.94. The predicted molar refractivity (Wildman–Crippen MR) is 117 cm³/mol. The number of rotatable bonds is 6. The molecule has 0 saturated heterocycles. The predicted octanol–water partition coefficient (Wildman–Crippen LogP) is 4.25. The number of sulfone groups is 1. The quantitative estimate of drug-likeness (QED) is 0.565. The normalized spacial score (nSPS) is 12.3. The second kappa shape index (κ2) is 8.91. The fraction of sp³-hybridized carbons (Fsp3) is 0.143. The van der Waals surface area contributed by atoms with Gasteiger partial charge < -0.3 is 15.8 Å². The summed E-state index contributed by atoms with van der Waals surface area (Å²) in [4.78, 5) is 16.5. The molecule has 3 rings (SSSR count). The van der Waals surface area contributed by atoms with Crippen LogP contribution in [-0.2, 0) is 9.84 Å². The van der Waals surface area contributed by atoms with Gasteiger partial charge in [0.25, 0.3) is 5.91 Å². The number of nitrogen functional groups attached to an aromatic ring is 1. The van der Waals surface area contributed by atoms with Crippen LogP contribution in [0.4, 0.5) is 15.9 Å². The van der Waals surface area contributed by atoms with Crippen LogP contribution in [-0.4, -0.2) is 25.6 Å². The van der Waals surface area contributed by atoms with Crippen molar-refractivity contribution in [1.82, 2.24) is 4.98 Å². The van der Waals surface area contributed by atoms with E-state index in [0.717, 1.165) is 6.26 Å². The Morgan fingerprint density at radius 3 is 2.68 bits per heavy atom. The Hall–Kier alpha value is -3.17. The summed E-state index contributed by atoms with van der Waals surface area (Å²) in [5.41, 5.74) is 6.39. The first-order chi connectivity index (χ1) is 14.5. The zero-order valence-corrected chi connectivity index (χ0v) is 18.2. The molecule has 2 aromatic carbocycles. The van der Waals surface area contributed by atoms with E-state index in [1.54, 1.807) is 6.92 Å². The number of amides is 1. The number of nitrogens with one attached hydrogen (secondary N) is 1. The van der Waals surface area contributed by atoms with E-state index in [1.807, 2.05) is 0 Å². The number of aromatic nitrogens is 1. The Bertz CT molecular complexity index is 1250. The van der Waals surface area contributed by atoms with Crippen molar-refractivity contribution in [3.63, 3.8) is 0 Å². The average molecular weight is 464 g/mol. The highest BCUT2D eigenvalue weighted by Gasteiger charge is 2.17. The number of carbonyl (C=O) groups excluding carboxylic acids is 1. The molecule has 10 heteroatoms. The molecule has 1 amide bonds. The number of pyridine rings is 1. The van der Waals surface area contributed by atoms with Crippen LogP contribution in [0, 0.1) is 5.82 Å². The zero-order valence-electron chi connectivity index (χ0n) is 16.6. The molecule has 7 nitrogen and oxygen atoms in total. The maximum Gasteiger partial charge on any atom is 0.255 e. The van der Waals surface area contributed by atoms with Crippen LogP contribution in [0.2, 0.25) is 5.02 Å². The van der Waals surface area contributed by atoms with Gasteiger partial charge in [0.2, 0.25) is 0 Å².